The average Bonchev–Trinajstić information content (AvgIpc) is 3.45. The number of carbonyl (C=O) groups is 1. The lowest BCUT2D eigenvalue weighted by Gasteiger charge is -2.18. The summed E-state index contributed by atoms with van der Waals surface area (Å²) in [4.78, 5) is 15.5. The number of rotatable bonds is 6. The molecule has 2 saturated heterocycles. The van der Waals surface area contributed by atoms with Crippen LogP contribution in [0.2, 0.25) is 0 Å². The Balaban J connectivity index is 1.53. The van der Waals surface area contributed by atoms with Crippen molar-refractivity contribution in [3.63, 3.8) is 0 Å². The highest BCUT2D eigenvalue weighted by Gasteiger charge is 2.29. The molecule has 1 aromatic carbocycles. The largest absolute Gasteiger partial charge is 0.345 e. The molecule has 4 rings (SSSR count). The zero-order valence-electron chi connectivity index (χ0n) is 16.8. The maximum Gasteiger partial charge on any atom is 0.272 e. The van der Waals surface area contributed by atoms with E-state index in [4.69, 9.17) is 0 Å². The summed E-state index contributed by atoms with van der Waals surface area (Å²) in [6.07, 6.45) is 5.72. The number of amides is 1. The van der Waals surface area contributed by atoms with Gasteiger partial charge in [-0.15, -0.1) is 0 Å². The molecule has 1 amide bonds. The molecule has 0 unspecified atom stereocenters. The van der Waals surface area contributed by atoms with E-state index in [1.807, 2.05) is 24.3 Å². The van der Waals surface area contributed by atoms with Crippen LogP contribution in [-0.4, -0.2) is 54.3 Å². The first kappa shape index (κ1) is 20.1. The van der Waals surface area contributed by atoms with E-state index in [9.17, 15) is 13.2 Å². The van der Waals surface area contributed by atoms with Gasteiger partial charge in [0, 0.05) is 38.6 Å². The second-order valence-corrected chi connectivity index (χ2v) is 9.82. The number of carbonyl (C=O) groups excluding carboxylic acids is 1. The highest BCUT2D eigenvalue weighted by Crippen LogP contribution is 2.24. The molecule has 1 aromatic heterocycles. The molecule has 0 spiro atoms. The molecule has 0 saturated carbocycles. The minimum Gasteiger partial charge on any atom is -0.345 e. The number of hydrogen-bond acceptors (Lipinski definition) is 4. The smallest absolute Gasteiger partial charge is 0.272 e. The van der Waals surface area contributed by atoms with Crippen molar-refractivity contribution in [1.29, 1.82) is 0 Å². The molecule has 29 heavy (non-hydrogen) atoms. The van der Waals surface area contributed by atoms with Crippen molar-refractivity contribution in [2.45, 2.75) is 37.1 Å². The van der Waals surface area contributed by atoms with Gasteiger partial charge in [-0.25, -0.2) is 8.42 Å². The Morgan fingerprint density at radius 1 is 1.03 bits per heavy atom. The Morgan fingerprint density at radius 3 is 2.41 bits per heavy atom. The monoisotopic (exact) mass is 416 g/mol. The standard InChI is InChI=1S/C21H28N4O3S/c1-23-16-18(29(27,28)25-12-6-7-13-25)14-20(23)21(26)22-19-9-3-2-8-17(19)15-24-10-4-5-11-24/h2-3,8-9,14,16H,4-7,10-13,15H2,1H3,(H,22,26). The molecule has 0 radical (unpaired) electrons. The van der Waals surface area contributed by atoms with Crippen LogP contribution in [0.1, 0.15) is 41.7 Å². The van der Waals surface area contributed by atoms with Gasteiger partial charge in [0.15, 0.2) is 0 Å². The SMILES string of the molecule is Cn1cc(S(=O)(=O)N2CCCC2)cc1C(=O)Nc1ccccc1CN1CCCC1. The lowest BCUT2D eigenvalue weighted by molar-refractivity contribution is 0.101. The molecular formula is C21H28N4O3S. The Bertz CT molecular complexity index is 987. The van der Waals surface area contributed by atoms with Crippen LogP contribution in [0.5, 0.6) is 0 Å². The minimum atomic E-state index is -3.54. The zero-order chi connectivity index (χ0) is 20.4. The number of benzene rings is 1. The Morgan fingerprint density at radius 2 is 1.69 bits per heavy atom. The van der Waals surface area contributed by atoms with E-state index < -0.39 is 10.0 Å². The topological polar surface area (TPSA) is 74.6 Å². The summed E-state index contributed by atoms with van der Waals surface area (Å²) in [5.41, 5.74) is 2.18. The fourth-order valence-corrected chi connectivity index (χ4v) is 5.72. The lowest BCUT2D eigenvalue weighted by atomic mass is 10.1. The van der Waals surface area contributed by atoms with Crippen molar-refractivity contribution in [2.24, 2.45) is 7.05 Å². The number of hydrogen-bond donors (Lipinski definition) is 1. The third-order valence-corrected chi connectivity index (χ3v) is 7.64. The van der Waals surface area contributed by atoms with Gasteiger partial charge in [0.05, 0.1) is 0 Å². The molecule has 2 aliphatic rings. The molecule has 0 aliphatic carbocycles. The second-order valence-electron chi connectivity index (χ2n) is 7.88. The number of sulfonamides is 1. The van der Waals surface area contributed by atoms with E-state index in [-0.39, 0.29) is 10.8 Å². The van der Waals surface area contributed by atoms with Gasteiger partial charge in [0.25, 0.3) is 5.91 Å². The fourth-order valence-electron chi connectivity index (χ4n) is 4.13. The fraction of sp³-hybridized carbons (Fsp3) is 0.476. The number of aryl methyl sites for hydroxylation is 1. The predicted molar refractivity (Wildman–Crippen MR) is 112 cm³/mol. The van der Waals surface area contributed by atoms with Gasteiger partial charge in [-0.2, -0.15) is 4.31 Å². The Hall–Kier alpha value is -2.16. The summed E-state index contributed by atoms with van der Waals surface area (Å²) in [5, 5.41) is 2.98. The number of para-hydroxylation sites is 1. The zero-order valence-corrected chi connectivity index (χ0v) is 17.6. The summed E-state index contributed by atoms with van der Waals surface area (Å²) in [6.45, 7) is 4.05. The van der Waals surface area contributed by atoms with Crippen molar-refractivity contribution in [3.8, 4) is 0 Å². The van der Waals surface area contributed by atoms with Gasteiger partial charge in [-0.05, 0) is 56.5 Å². The van der Waals surface area contributed by atoms with Crippen molar-refractivity contribution in [3.05, 3.63) is 47.8 Å². The quantitative estimate of drug-likeness (QED) is 0.786. The van der Waals surface area contributed by atoms with E-state index in [0.717, 1.165) is 43.7 Å². The van der Waals surface area contributed by atoms with Gasteiger partial charge in [-0.1, -0.05) is 18.2 Å². The highest BCUT2D eigenvalue weighted by molar-refractivity contribution is 7.89. The third-order valence-electron chi connectivity index (χ3n) is 5.77. The van der Waals surface area contributed by atoms with Crippen LogP contribution < -0.4 is 5.32 Å². The number of anilines is 1. The molecule has 1 N–H and O–H groups in total. The highest BCUT2D eigenvalue weighted by atomic mass is 32.2. The van der Waals surface area contributed by atoms with Gasteiger partial charge in [0.2, 0.25) is 10.0 Å². The molecule has 8 heteroatoms. The van der Waals surface area contributed by atoms with Crippen molar-refractivity contribution in [1.82, 2.24) is 13.8 Å². The van der Waals surface area contributed by atoms with Crippen LogP contribution in [0, 0.1) is 0 Å². The van der Waals surface area contributed by atoms with Crippen molar-refractivity contribution in [2.75, 3.05) is 31.5 Å². The first-order valence-corrected chi connectivity index (χ1v) is 11.7. The van der Waals surface area contributed by atoms with Crippen LogP contribution in [0.15, 0.2) is 41.4 Å². The van der Waals surface area contributed by atoms with Crippen LogP contribution in [0.3, 0.4) is 0 Å². The summed E-state index contributed by atoms with van der Waals surface area (Å²) >= 11 is 0. The van der Waals surface area contributed by atoms with E-state index in [2.05, 4.69) is 10.2 Å². The average molecular weight is 417 g/mol. The van der Waals surface area contributed by atoms with Crippen molar-refractivity contribution < 1.29 is 13.2 Å². The number of nitrogens with one attached hydrogen (secondary N) is 1. The van der Waals surface area contributed by atoms with Crippen LogP contribution in [0.4, 0.5) is 5.69 Å². The Kier molecular flexibility index (Phi) is 5.76. The molecule has 2 aliphatic heterocycles. The van der Waals surface area contributed by atoms with Crippen LogP contribution in [-0.2, 0) is 23.6 Å². The number of aromatic nitrogens is 1. The maximum absolute atomic E-state index is 12.9. The van der Waals surface area contributed by atoms with Gasteiger partial charge in [0.1, 0.15) is 10.6 Å². The summed E-state index contributed by atoms with van der Waals surface area (Å²) < 4.78 is 28.7. The first-order valence-electron chi connectivity index (χ1n) is 10.2. The molecule has 156 valence electrons. The molecule has 0 atom stereocenters. The molecular weight excluding hydrogens is 388 g/mol. The van der Waals surface area contributed by atoms with Crippen molar-refractivity contribution >= 4 is 21.6 Å². The van der Waals surface area contributed by atoms with Crippen LogP contribution >= 0.6 is 0 Å². The van der Waals surface area contributed by atoms with E-state index >= 15 is 0 Å². The van der Waals surface area contributed by atoms with Gasteiger partial charge < -0.3 is 9.88 Å². The van der Waals surface area contributed by atoms with E-state index in [1.54, 1.807) is 11.6 Å². The maximum atomic E-state index is 12.9. The minimum absolute atomic E-state index is 0.178. The molecule has 2 fully saturated rings. The summed E-state index contributed by atoms with van der Waals surface area (Å²) in [5.74, 6) is -0.302. The number of nitrogens with zero attached hydrogens (tertiary/aromatic N) is 3. The van der Waals surface area contributed by atoms with Gasteiger partial charge >= 0.3 is 0 Å². The molecule has 0 bridgehead atoms. The lowest BCUT2D eigenvalue weighted by Crippen LogP contribution is -2.27. The Labute approximate surface area is 172 Å². The van der Waals surface area contributed by atoms with E-state index in [0.29, 0.717) is 18.8 Å². The molecule has 2 aromatic rings. The van der Waals surface area contributed by atoms with Gasteiger partial charge in [-0.3, -0.25) is 9.69 Å². The normalized spacial score (nSPS) is 18.4. The van der Waals surface area contributed by atoms with Crippen LogP contribution in [0.25, 0.3) is 0 Å². The van der Waals surface area contributed by atoms with E-state index in [1.165, 1.54) is 29.4 Å². The summed E-state index contributed by atoms with van der Waals surface area (Å²) in [6, 6.07) is 9.28. The molecule has 3 heterocycles. The second kappa shape index (κ2) is 8.30. The summed E-state index contributed by atoms with van der Waals surface area (Å²) in [7, 11) is -1.84. The molecule has 7 nitrogen and oxygen atoms in total. The first-order chi connectivity index (χ1) is 13.9. The predicted octanol–water partition coefficient (Wildman–Crippen LogP) is 2.66. The number of likely N-dealkylation sites (tertiary alicyclic amines) is 1. The third kappa shape index (κ3) is 4.24.